The number of hydrogen-bond acceptors (Lipinski definition) is 3. The van der Waals surface area contributed by atoms with Gasteiger partial charge in [-0.3, -0.25) is 14.9 Å². The molecule has 1 aromatic rings. The minimum Gasteiger partial charge on any atom is -0.310 e. The number of hydrogen-bond donors (Lipinski definition) is 0. The van der Waals surface area contributed by atoms with Crippen molar-refractivity contribution in [3.8, 4) is 0 Å². The van der Waals surface area contributed by atoms with Gasteiger partial charge >= 0.3 is 11.2 Å². The van der Waals surface area contributed by atoms with Crippen molar-refractivity contribution in [3.05, 3.63) is 37.3 Å². The molecule has 0 aliphatic rings. The van der Waals surface area contributed by atoms with Gasteiger partial charge in [-0.25, -0.2) is 0 Å². The molecule has 0 spiro atoms. The summed E-state index contributed by atoms with van der Waals surface area (Å²) in [5.41, 5.74) is -0.676. The Hall–Kier alpha value is -1.36. The Kier molecular flexibility index (Phi) is 2.38. The lowest BCUT2D eigenvalue weighted by molar-refractivity contribution is -0.386. The second-order valence-electron chi connectivity index (χ2n) is 2.60. The fourth-order valence-corrected chi connectivity index (χ4v) is 1.24. The highest BCUT2D eigenvalue weighted by atomic mass is 35.5. The van der Waals surface area contributed by atoms with Gasteiger partial charge in [-0.1, -0.05) is 11.6 Å². The summed E-state index contributed by atoms with van der Waals surface area (Å²) in [5, 5.41) is 10.3. The summed E-state index contributed by atoms with van der Waals surface area (Å²) in [6.07, 6.45) is 0. The average molecular weight is 203 g/mol. The van der Waals surface area contributed by atoms with E-state index < -0.39 is 16.2 Å². The Morgan fingerprint density at radius 1 is 1.62 bits per heavy atom. The van der Waals surface area contributed by atoms with Crippen LogP contribution in [0.15, 0.2) is 10.9 Å². The normalized spacial score (nSPS) is 10.1. The molecule has 0 radical (unpaired) electrons. The zero-order valence-corrected chi connectivity index (χ0v) is 7.83. The van der Waals surface area contributed by atoms with E-state index in [4.69, 9.17) is 11.6 Å². The van der Waals surface area contributed by atoms with E-state index in [1.165, 1.54) is 17.7 Å². The highest BCUT2D eigenvalue weighted by Crippen LogP contribution is 2.19. The highest BCUT2D eigenvalue weighted by molar-refractivity contribution is 6.32. The van der Waals surface area contributed by atoms with Crippen LogP contribution in [0.3, 0.4) is 0 Å². The van der Waals surface area contributed by atoms with Crippen LogP contribution in [-0.4, -0.2) is 9.49 Å². The number of aryl methyl sites for hydroxylation is 1. The number of nitrogens with zero attached hydrogens (tertiary/aromatic N) is 2. The third kappa shape index (κ3) is 1.55. The van der Waals surface area contributed by atoms with E-state index in [9.17, 15) is 14.9 Å². The highest BCUT2D eigenvalue weighted by Gasteiger charge is 2.19. The maximum atomic E-state index is 11.3. The van der Waals surface area contributed by atoms with E-state index in [0.29, 0.717) is 5.69 Å². The number of rotatable bonds is 1. The first kappa shape index (κ1) is 9.73. The van der Waals surface area contributed by atoms with Gasteiger partial charge in [-0.2, -0.15) is 0 Å². The van der Waals surface area contributed by atoms with Crippen LogP contribution in [0.5, 0.6) is 0 Å². The summed E-state index contributed by atoms with van der Waals surface area (Å²) in [7, 11) is 1.46. The SMILES string of the molecule is Cc1cc(Cl)c([N+](=O)[O-])c(=O)n1C. The first-order valence-corrected chi connectivity index (χ1v) is 3.83. The summed E-state index contributed by atoms with van der Waals surface area (Å²) in [5.74, 6) is 0. The molecule has 1 heterocycles. The summed E-state index contributed by atoms with van der Waals surface area (Å²) >= 11 is 5.55. The fourth-order valence-electron chi connectivity index (χ4n) is 0.935. The third-order valence-electron chi connectivity index (χ3n) is 1.78. The van der Waals surface area contributed by atoms with Crippen LogP contribution in [0.25, 0.3) is 0 Å². The first-order valence-electron chi connectivity index (χ1n) is 3.45. The number of nitro groups is 1. The molecule has 0 bridgehead atoms. The van der Waals surface area contributed by atoms with Crippen molar-refractivity contribution in [2.75, 3.05) is 0 Å². The molecular weight excluding hydrogens is 196 g/mol. The predicted molar refractivity (Wildman–Crippen MR) is 48.1 cm³/mol. The second-order valence-corrected chi connectivity index (χ2v) is 3.01. The molecule has 6 heteroatoms. The molecule has 0 saturated carbocycles. The van der Waals surface area contributed by atoms with Gasteiger partial charge in [0.2, 0.25) is 0 Å². The summed E-state index contributed by atoms with van der Waals surface area (Å²) in [4.78, 5) is 20.9. The molecule has 0 aliphatic carbocycles. The summed E-state index contributed by atoms with van der Waals surface area (Å²) in [6, 6.07) is 1.39. The van der Waals surface area contributed by atoms with Crippen molar-refractivity contribution in [2.24, 2.45) is 7.05 Å². The maximum absolute atomic E-state index is 11.3. The van der Waals surface area contributed by atoms with Crippen LogP contribution in [0.4, 0.5) is 5.69 Å². The maximum Gasteiger partial charge on any atom is 0.352 e. The molecule has 5 nitrogen and oxygen atoms in total. The van der Waals surface area contributed by atoms with Crippen LogP contribution in [0, 0.1) is 17.0 Å². The zero-order chi connectivity index (χ0) is 10.2. The van der Waals surface area contributed by atoms with Gasteiger partial charge in [0.25, 0.3) is 0 Å². The van der Waals surface area contributed by atoms with Gasteiger partial charge < -0.3 is 4.57 Å². The van der Waals surface area contributed by atoms with E-state index in [1.807, 2.05) is 0 Å². The van der Waals surface area contributed by atoms with E-state index >= 15 is 0 Å². The van der Waals surface area contributed by atoms with Gasteiger partial charge in [0, 0.05) is 12.7 Å². The topological polar surface area (TPSA) is 65.1 Å². The van der Waals surface area contributed by atoms with Crippen LogP contribution in [0.2, 0.25) is 5.02 Å². The third-order valence-corrected chi connectivity index (χ3v) is 2.07. The molecule has 70 valence electrons. The minimum absolute atomic E-state index is 0.120. The van der Waals surface area contributed by atoms with Crippen molar-refractivity contribution in [2.45, 2.75) is 6.92 Å². The van der Waals surface area contributed by atoms with E-state index in [0.717, 1.165) is 0 Å². The number of pyridine rings is 1. The van der Waals surface area contributed by atoms with Crippen molar-refractivity contribution in [1.82, 2.24) is 4.57 Å². The predicted octanol–water partition coefficient (Wildman–Crippen LogP) is 1.26. The molecule has 0 aliphatic heterocycles. The molecule has 13 heavy (non-hydrogen) atoms. The monoisotopic (exact) mass is 202 g/mol. The van der Waals surface area contributed by atoms with Crippen LogP contribution in [0.1, 0.15) is 5.69 Å². The molecule has 0 amide bonds. The molecule has 0 atom stereocenters. The lowest BCUT2D eigenvalue weighted by Crippen LogP contribution is -2.21. The van der Waals surface area contributed by atoms with Crippen molar-refractivity contribution >= 4 is 17.3 Å². The number of aromatic nitrogens is 1. The molecular formula is C7H7ClN2O3. The quantitative estimate of drug-likeness (QED) is 0.509. The Bertz CT molecular complexity index is 424. The average Bonchev–Trinajstić information content (AvgIpc) is 1.99. The largest absolute Gasteiger partial charge is 0.352 e. The lowest BCUT2D eigenvalue weighted by Gasteiger charge is -2.02. The Balaban J connectivity index is 3.63. The summed E-state index contributed by atoms with van der Waals surface area (Å²) in [6.45, 7) is 1.65. The Morgan fingerprint density at radius 3 is 2.62 bits per heavy atom. The smallest absolute Gasteiger partial charge is 0.310 e. The van der Waals surface area contributed by atoms with E-state index in [-0.39, 0.29) is 5.02 Å². The van der Waals surface area contributed by atoms with Gasteiger partial charge in [-0.05, 0) is 13.0 Å². The van der Waals surface area contributed by atoms with Crippen molar-refractivity contribution < 1.29 is 4.92 Å². The Morgan fingerprint density at radius 2 is 2.15 bits per heavy atom. The first-order chi connectivity index (χ1) is 5.95. The summed E-state index contributed by atoms with van der Waals surface area (Å²) < 4.78 is 1.18. The van der Waals surface area contributed by atoms with Crippen molar-refractivity contribution in [1.29, 1.82) is 0 Å². The second kappa shape index (κ2) is 3.18. The fraction of sp³-hybridized carbons (Fsp3) is 0.286. The molecule has 0 fully saturated rings. The van der Waals surface area contributed by atoms with Gasteiger partial charge in [0.15, 0.2) is 0 Å². The van der Waals surface area contributed by atoms with Crippen LogP contribution in [-0.2, 0) is 7.05 Å². The zero-order valence-electron chi connectivity index (χ0n) is 7.07. The Labute approximate surface area is 78.7 Å². The molecule has 1 aromatic heterocycles. The molecule has 0 unspecified atom stereocenters. The number of halogens is 1. The van der Waals surface area contributed by atoms with Gasteiger partial charge in [0.1, 0.15) is 5.02 Å². The molecule has 0 aromatic carbocycles. The molecule has 1 rings (SSSR count). The van der Waals surface area contributed by atoms with Crippen LogP contribution >= 0.6 is 11.6 Å². The molecule has 0 saturated heterocycles. The van der Waals surface area contributed by atoms with Crippen molar-refractivity contribution in [3.63, 3.8) is 0 Å². The van der Waals surface area contributed by atoms with E-state index in [1.54, 1.807) is 6.92 Å². The molecule has 0 N–H and O–H groups in total. The van der Waals surface area contributed by atoms with Crippen LogP contribution < -0.4 is 5.56 Å². The standard InChI is InChI=1S/C7H7ClN2O3/c1-4-3-5(8)6(10(12)13)7(11)9(4)2/h3H,1-2H3. The van der Waals surface area contributed by atoms with Gasteiger partial charge in [-0.15, -0.1) is 0 Å². The van der Waals surface area contributed by atoms with Gasteiger partial charge in [0.05, 0.1) is 4.92 Å². The van der Waals surface area contributed by atoms with E-state index in [2.05, 4.69) is 0 Å². The lowest BCUT2D eigenvalue weighted by atomic mass is 10.3. The minimum atomic E-state index is -0.774.